The maximum absolute atomic E-state index is 2.61. The molecule has 11 aromatic rings. The maximum Gasteiger partial charge on any atom is 0.0726 e. The lowest BCUT2D eigenvalue weighted by atomic mass is 9.69. The van der Waals surface area contributed by atoms with Crippen molar-refractivity contribution in [3.05, 3.63) is 241 Å². The molecule has 0 aliphatic heterocycles. The molecule has 13 rings (SSSR count). The predicted molar refractivity (Wildman–Crippen MR) is 249 cm³/mol. The number of rotatable bonds is 3. The Hall–Kier alpha value is -7.54. The first kappa shape index (κ1) is 32.5. The molecule has 2 aliphatic carbocycles. The minimum atomic E-state index is -0.485. The highest BCUT2D eigenvalue weighted by molar-refractivity contribution is 6.26. The van der Waals surface area contributed by atoms with Crippen molar-refractivity contribution < 1.29 is 0 Å². The van der Waals surface area contributed by atoms with Gasteiger partial charge in [0, 0.05) is 0 Å². The van der Waals surface area contributed by atoms with Crippen molar-refractivity contribution in [1.82, 2.24) is 0 Å². The van der Waals surface area contributed by atoms with Gasteiger partial charge in [0.2, 0.25) is 0 Å². The molecule has 0 heteroatoms. The monoisotopic (exact) mass is 744 g/mol. The van der Waals surface area contributed by atoms with Crippen LogP contribution in [-0.4, -0.2) is 0 Å². The van der Waals surface area contributed by atoms with Crippen molar-refractivity contribution in [1.29, 1.82) is 0 Å². The van der Waals surface area contributed by atoms with Gasteiger partial charge in [0.1, 0.15) is 0 Å². The minimum absolute atomic E-state index is 0.485. The standard InChI is InChI=1S/C59H36/c1-2-18-37(19-3-1)39-21-6-8-26-44(39)55-46-28-10-12-30-48(46)56(49-31-13-11-29-47(49)55)50-36-54-58(45-27-9-7-23-41(45)50)57-40-22-5-4-20-38(40)34-35-53(57)59(54)51-32-16-14-24-42(51)43-25-15-17-33-52(43)59/h1-36H. The normalized spacial score (nSPS) is 13.2. The van der Waals surface area contributed by atoms with E-state index in [0.29, 0.717) is 0 Å². The van der Waals surface area contributed by atoms with Crippen molar-refractivity contribution in [2.75, 3.05) is 0 Å². The van der Waals surface area contributed by atoms with E-state index in [0.717, 1.165) is 0 Å². The lowest BCUT2D eigenvalue weighted by Crippen LogP contribution is -2.26. The minimum Gasteiger partial charge on any atom is -0.0622 e. The molecule has 0 heterocycles. The largest absolute Gasteiger partial charge is 0.0726 e. The van der Waals surface area contributed by atoms with E-state index in [1.165, 1.54) is 121 Å². The van der Waals surface area contributed by atoms with Crippen LogP contribution in [0.5, 0.6) is 0 Å². The summed E-state index contributed by atoms with van der Waals surface area (Å²) in [6.07, 6.45) is 0. The molecule has 0 bridgehead atoms. The molecule has 0 nitrogen and oxygen atoms in total. The van der Waals surface area contributed by atoms with Crippen molar-refractivity contribution in [2.24, 2.45) is 0 Å². The molecular formula is C59H36. The molecule has 0 unspecified atom stereocenters. The third-order valence-corrected chi connectivity index (χ3v) is 13.5. The van der Waals surface area contributed by atoms with Gasteiger partial charge < -0.3 is 0 Å². The highest BCUT2D eigenvalue weighted by atomic mass is 14.5. The lowest BCUT2D eigenvalue weighted by Gasteiger charge is -2.31. The third kappa shape index (κ3) is 4.28. The summed E-state index contributed by atoms with van der Waals surface area (Å²) in [6, 6.07) is 81.9. The zero-order valence-corrected chi connectivity index (χ0v) is 32.3. The molecule has 59 heavy (non-hydrogen) atoms. The SMILES string of the molecule is c1ccc(-c2ccccc2-c2c3ccccc3c(-c3cc4c(c5ccccc35)-c3c(ccc5ccccc35)C43c4ccccc4-c4ccccc43)c3ccccc23)cc1. The van der Waals surface area contributed by atoms with Gasteiger partial charge in [-0.3, -0.25) is 0 Å². The Morgan fingerprint density at radius 3 is 1.25 bits per heavy atom. The Balaban J connectivity index is 1.21. The van der Waals surface area contributed by atoms with E-state index in [1.807, 2.05) is 0 Å². The smallest absolute Gasteiger partial charge is 0.0622 e. The van der Waals surface area contributed by atoms with Crippen LogP contribution in [0.15, 0.2) is 218 Å². The van der Waals surface area contributed by atoms with Crippen LogP contribution in [0.2, 0.25) is 0 Å². The van der Waals surface area contributed by atoms with Crippen LogP contribution >= 0.6 is 0 Å². The molecule has 1 spiro atoms. The van der Waals surface area contributed by atoms with Crippen molar-refractivity contribution in [3.63, 3.8) is 0 Å². The van der Waals surface area contributed by atoms with E-state index in [9.17, 15) is 0 Å². The first-order valence-corrected chi connectivity index (χ1v) is 20.7. The third-order valence-electron chi connectivity index (χ3n) is 13.5. The number of hydrogen-bond acceptors (Lipinski definition) is 0. The summed E-state index contributed by atoms with van der Waals surface area (Å²) in [5.74, 6) is 0. The van der Waals surface area contributed by atoms with Gasteiger partial charge in [-0.2, -0.15) is 0 Å². The number of hydrogen-bond donors (Lipinski definition) is 0. The Bertz CT molecular complexity index is 3450. The highest BCUT2D eigenvalue weighted by Crippen LogP contribution is 2.65. The summed E-state index contributed by atoms with van der Waals surface area (Å²) >= 11 is 0. The van der Waals surface area contributed by atoms with Crippen molar-refractivity contribution in [2.45, 2.75) is 5.41 Å². The van der Waals surface area contributed by atoms with E-state index in [2.05, 4.69) is 218 Å². The maximum atomic E-state index is 2.61. The van der Waals surface area contributed by atoms with Gasteiger partial charge in [-0.15, -0.1) is 0 Å². The molecular weight excluding hydrogens is 709 g/mol. The van der Waals surface area contributed by atoms with Gasteiger partial charge in [-0.25, -0.2) is 0 Å². The topological polar surface area (TPSA) is 0 Å². The predicted octanol–water partition coefficient (Wildman–Crippen LogP) is 15.6. The van der Waals surface area contributed by atoms with E-state index < -0.39 is 5.41 Å². The fourth-order valence-corrected chi connectivity index (χ4v) is 11.2. The van der Waals surface area contributed by atoms with Gasteiger partial charge in [0.25, 0.3) is 0 Å². The summed E-state index contributed by atoms with van der Waals surface area (Å²) in [5.41, 5.74) is 17.9. The van der Waals surface area contributed by atoms with Crippen LogP contribution in [-0.2, 0) is 5.41 Å². The molecule has 0 atom stereocenters. The summed E-state index contributed by atoms with van der Waals surface area (Å²) in [4.78, 5) is 0. The van der Waals surface area contributed by atoms with Crippen LogP contribution in [0.1, 0.15) is 22.3 Å². The van der Waals surface area contributed by atoms with Crippen molar-refractivity contribution in [3.8, 4) is 55.6 Å². The molecule has 2 aliphatic rings. The van der Waals surface area contributed by atoms with Gasteiger partial charge in [-0.1, -0.05) is 212 Å². The molecule has 0 fully saturated rings. The lowest BCUT2D eigenvalue weighted by molar-refractivity contribution is 0.795. The Labute approximate surface area is 343 Å². The second-order valence-corrected chi connectivity index (χ2v) is 16.2. The van der Waals surface area contributed by atoms with Gasteiger partial charge in [-0.05, 0) is 127 Å². The molecule has 11 aromatic carbocycles. The van der Waals surface area contributed by atoms with Crippen LogP contribution in [0.4, 0.5) is 0 Å². The van der Waals surface area contributed by atoms with Crippen LogP contribution < -0.4 is 0 Å². The average Bonchev–Trinajstić information content (AvgIpc) is 3.78. The van der Waals surface area contributed by atoms with Gasteiger partial charge in [0.05, 0.1) is 5.41 Å². The van der Waals surface area contributed by atoms with Gasteiger partial charge in [0.15, 0.2) is 0 Å². The first-order chi connectivity index (χ1) is 29.3. The van der Waals surface area contributed by atoms with E-state index in [1.54, 1.807) is 0 Å². The highest BCUT2D eigenvalue weighted by Gasteiger charge is 2.52. The Morgan fingerprint density at radius 2 is 0.644 bits per heavy atom. The Kier molecular flexibility index (Phi) is 6.74. The first-order valence-electron chi connectivity index (χ1n) is 20.7. The summed E-state index contributed by atoms with van der Waals surface area (Å²) < 4.78 is 0. The second-order valence-electron chi connectivity index (χ2n) is 16.2. The second kappa shape index (κ2) is 12.2. The number of fused-ring (bicyclic) bond motifs is 16. The van der Waals surface area contributed by atoms with E-state index in [4.69, 9.17) is 0 Å². The van der Waals surface area contributed by atoms with E-state index in [-0.39, 0.29) is 0 Å². The zero-order chi connectivity index (χ0) is 38.7. The fraction of sp³-hybridized carbons (Fsp3) is 0.0169. The van der Waals surface area contributed by atoms with Crippen LogP contribution in [0.3, 0.4) is 0 Å². The van der Waals surface area contributed by atoms with E-state index >= 15 is 0 Å². The van der Waals surface area contributed by atoms with Crippen molar-refractivity contribution >= 4 is 43.1 Å². The van der Waals surface area contributed by atoms with Gasteiger partial charge >= 0.3 is 0 Å². The molecule has 272 valence electrons. The molecule has 0 amide bonds. The zero-order valence-electron chi connectivity index (χ0n) is 32.3. The quantitative estimate of drug-likeness (QED) is 0.158. The van der Waals surface area contributed by atoms with Crippen LogP contribution in [0, 0.1) is 0 Å². The molecule has 0 radical (unpaired) electrons. The summed E-state index contributed by atoms with van der Waals surface area (Å²) in [6.45, 7) is 0. The molecule has 0 N–H and O–H groups in total. The fourth-order valence-electron chi connectivity index (χ4n) is 11.2. The molecule has 0 saturated carbocycles. The average molecular weight is 745 g/mol. The van der Waals surface area contributed by atoms with Crippen LogP contribution in [0.25, 0.3) is 98.7 Å². The summed E-state index contributed by atoms with van der Waals surface area (Å²) in [5, 5.41) is 10.2. The number of benzene rings is 11. The Morgan fingerprint density at radius 1 is 0.220 bits per heavy atom. The summed E-state index contributed by atoms with van der Waals surface area (Å²) in [7, 11) is 0. The molecule has 0 saturated heterocycles. The molecule has 0 aromatic heterocycles.